The van der Waals surface area contributed by atoms with Crippen LogP contribution in [0.25, 0.3) is 0 Å². The zero-order chi connectivity index (χ0) is 9.97. The summed E-state index contributed by atoms with van der Waals surface area (Å²) in [5.41, 5.74) is 2.39. The normalized spacial score (nSPS) is 17.7. The van der Waals surface area contributed by atoms with Gasteiger partial charge in [-0.05, 0) is 19.5 Å². The first-order valence-electron chi connectivity index (χ1n) is 4.71. The van der Waals surface area contributed by atoms with E-state index < -0.39 is 0 Å². The maximum Gasteiger partial charge on any atom is 0.0912 e. The van der Waals surface area contributed by atoms with Crippen LogP contribution in [0.4, 0.5) is 0 Å². The fraction of sp³-hybridized carbons (Fsp3) is 0.500. The number of aromatic nitrogens is 1. The zero-order valence-electron chi connectivity index (χ0n) is 8.41. The Morgan fingerprint density at radius 2 is 2.50 bits per heavy atom. The first-order valence-corrected chi connectivity index (χ1v) is 5.59. The number of thiazole rings is 1. The van der Waals surface area contributed by atoms with Gasteiger partial charge >= 0.3 is 0 Å². The van der Waals surface area contributed by atoms with Crippen LogP contribution in [0, 0.1) is 6.92 Å². The van der Waals surface area contributed by atoms with Gasteiger partial charge in [-0.2, -0.15) is 0 Å². The lowest BCUT2D eigenvalue weighted by molar-refractivity contribution is 0.281. The van der Waals surface area contributed by atoms with Crippen molar-refractivity contribution in [1.82, 2.24) is 10.3 Å². The van der Waals surface area contributed by atoms with Crippen LogP contribution in [0.2, 0.25) is 0 Å². The summed E-state index contributed by atoms with van der Waals surface area (Å²) in [7, 11) is 1.96. The van der Waals surface area contributed by atoms with Gasteiger partial charge in [-0.3, -0.25) is 0 Å². The van der Waals surface area contributed by atoms with E-state index in [-0.39, 0.29) is 6.04 Å². The van der Waals surface area contributed by atoms with Crippen molar-refractivity contribution in [3.63, 3.8) is 0 Å². The largest absolute Gasteiger partial charge is 0.501 e. The Labute approximate surface area is 87.8 Å². The highest BCUT2D eigenvalue weighted by Gasteiger charge is 2.20. The molecule has 0 fully saturated rings. The predicted molar refractivity (Wildman–Crippen MR) is 57.3 cm³/mol. The Hall–Kier alpha value is -0.870. The van der Waals surface area contributed by atoms with E-state index in [4.69, 9.17) is 4.74 Å². The molecule has 1 unspecified atom stereocenters. The second-order valence-corrected chi connectivity index (χ2v) is 4.39. The maximum absolute atomic E-state index is 5.24. The number of hydrogen-bond acceptors (Lipinski definition) is 4. The Morgan fingerprint density at radius 3 is 3.00 bits per heavy atom. The van der Waals surface area contributed by atoms with Crippen LogP contribution in [0.1, 0.15) is 23.2 Å². The summed E-state index contributed by atoms with van der Waals surface area (Å²) in [6.45, 7) is 2.83. The highest BCUT2D eigenvalue weighted by molar-refractivity contribution is 7.09. The van der Waals surface area contributed by atoms with Gasteiger partial charge in [0.2, 0.25) is 0 Å². The average molecular weight is 210 g/mol. The third-order valence-electron chi connectivity index (χ3n) is 2.34. The number of aryl methyl sites for hydroxylation is 1. The summed E-state index contributed by atoms with van der Waals surface area (Å²) in [4.78, 5) is 4.49. The van der Waals surface area contributed by atoms with Gasteiger partial charge in [0, 0.05) is 11.8 Å². The molecule has 1 atom stereocenters. The molecule has 76 valence electrons. The molecule has 0 amide bonds. The van der Waals surface area contributed by atoms with E-state index in [0.717, 1.165) is 23.7 Å². The minimum atomic E-state index is 0.224. The van der Waals surface area contributed by atoms with E-state index >= 15 is 0 Å². The van der Waals surface area contributed by atoms with Gasteiger partial charge < -0.3 is 10.1 Å². The fourth-order valence-corrected chi connectivity index (χ4v) is 2.29. The molecule has 0 saturated heterocycles. The highest BCUT2D eigenvalue weighted by atomic mass is 32.1. The van der Waals surface area contributed by atoms with Gasteiger partial charge in [0.05, 0.1) is 29.6 Å². The van der Waals surface area contributed by atoms with Crippen LogP contribution in [0.15, 0.2) is 17.2 Å². The number of nitrogens with zero attached hydrogens (tertiary/aromatic N) is 1. The van der Waals surface area contributed by atoms with Crippen LogP contribution in [-0.2, 0) is 4.74 Å². The lowest BCUT2D eigenvalue weighted by atomic mass is 10.0. The molecule has 0 radical (unpaired) electrons. The number of hydrogen-bond donors (Lipinski definition) is 1. The molecule has 1 aliphatic heterocycles. The lowest BCUT2D eigenvalue weighted by Gasteiger charge is -2.13. The van der Waals surface area contributed by atoms with Gasteiger partial charge in [-0.1, -0.05) is 0 Å². The van der Waals surface area contributed by atoms with E-state index in [9.17, 15) is 0 Å². The highest BCUT2D eigenvalue weighted by Crippen LogP contribution is 2.27. The third kappa shape index (κ3) is 1.81. The standard InChI is InChI=1S/C10H14N2OS/c1-7-12-9(6-14-7)10(11-2)8-3-4-13-5-8/h5-6,10-11H,3-4H2,1-2H3. The summed E-state index contributed by atoms with van der Waals surface area (Å²) >= 11 is 1.69. The Bertz CT molecular complexity index is 346. The number of rotatable bonds is 3. The van der Waals surface area contributed by atoms with E-state index in [1.165, 1.54) is 5.57 Å². The summed E-state index contributed by atoms with van der Waals surface area (Å²) in [6.07, 6.45) is 2.86. The minimum Gasteiger partial charge on any atom is -0.501 e. The molecule has 2 rings (SSSR count). The molecule has 14 heavy (non-hydrogen) atoms. The molecule has 0 aliphatic carbocycles. The van der Waals surface area contributed by atoms with Gasteiger partial charge in [0.15, 0.2) is 0 Å². The second kappa shape index (κ2) is 4.11. The summed E-state index contributed by atoms with van der Waals surface area (Å²) in [5.74, 6) is 0. The van der Waals surface area contributed by atoms with E-state index in [2.05, 4.69) is 15.7 Å². The molecule has 1 aromatic rings. The van der Waals surface area contributed by atoms with Crippen molar-refractivity contribution in [3.8, 4) is 0 Å². The van der Waals surface area contributed by atoms with Crippen molar-refractivity contribution < 1.29 is 4.74 Å². The molecule has 1 N–H and O–H groups in total. The predicted octanol–water partition coefficient (Wildman–Crippen LogP) is 2.02. The SMILES string of the molecule is CNC(C1=COCC1)c1csc(C)n1. The van der Waals surface area contributed by atoms with Crippen molar-refractivity contribution in [2.75, 3.05) is 13.7 Å². The molecule has 1 aliphatic rings. The molecule has 0 saturated carbocycles. The van der Waals surface area contributed by atoms with Gasteiger partial charge in [0.1, 0.15) is 0 Å². The topological polar surface area (TPSA) is 34.1 Å². The van der Waals surface area contributed by atoms with Crippen molar-refractivity contribution >= 4 is 11.3 Å². The monoisotopic (exact) mass is 210 g/mol. The molecule has 0 spiro atoms. The lowest BCUT2D eigenvalue weighted by Crippen LogP contribution is -2.18. The van der Waals surface area contributed by atoms with Gasteiger partial charge in [0.25, 0.3) is 0 Å². The smallest absolute Gasteiger partial charge is 0.0912 e. The van der Waals surface area contributed by atoms with E-state index in [1.807, 2.05) is 20.2 Å². The van der Waals surface area contributed by atoms with Crippen LogP contribution in [-0.4, -0.2) is 18.6 Å². The molecule has 2 heterocycles. The van der Waals surface area contributed by atoms with Crippen molar-refractivity contribution in [2.45, 2.75) is 19.4 Å². The van der Waals surface area contributed by atoms with Crippen LogP contribution < -0.4 is 5.32 Å². The van der Waals surface area contributed by atoms with Crippen LogP contribution in [0.5, 0.6) is 0 Å². The number of nitrogens with one attached hydrogen (secondary N) is 1. The summed E-state index contributed by atoms with van der Waals surface area (Å²) in [6, 6.07) is 0.224. The van der Waals surface area contributed by atoms with Crippen LogP contribution >= 0.6 is 11.3 Å². The molecule has 4 heteroatoms. The Kier molecular flexibility index (Phi) is 2.84. The molecular weight excluding hydrogens is 196 g/mol. The quantitative estimate of drug-likeness (QED) is 0.828. The molecular formula is C10H14N2OS. The van der Waals surface area contributed by atoms with Crippen LogP contribution in [0.3, 0.4) is 0 Å². The van der Waals surface area contributed by atoms with E-state index in [1.54, 1.807) is 11.3 Å². The third-order valence-corrected chi connectivity index (χ3v) is 3.13. The summed E-state index contributed by atoms with van der Waals surface area (Å²) < 4.78 is 5.24. The Balaban J connectivity index is 2.20. The molecule has 0 aromatic carbocycles. The minimum absolute atomic E-state index is 0.224. The number of ether oxygens (including phenoxy) is 1. The van der Waals surface area contributed by atoms with Crippen molar-refractivity contribution in [3.05, 3.63) is 27.9 Å². The Morgan fingerprint density at radius 1 is 1.64 bits per heavy atom. The molecule has 3 nitrogen and oxygen atoms in total. The molecule has 0 bridgehead atoms. The fourth-order valence-electron chi connectivity index (χ4n) is 1.65. The maximum atomic E-state index is 5.24. The summed E-state index contributed by atoms with van der Waals surface area (Å²) in [5, 5.41) is 6.49. The van der Waals surface area contributed by atoms with Gasteiger partial charge in [-0.25, -0.2) is 4.98 Å². The zero-order valence-corrected chi connectivity index (χ0v) is 9.23. The first kappa shape index (κ1) is 9.68. The van der Waals surface area contributed by atoms with Gasteiger partial charge in [-0.15, -0.1) is 11.3 Å². The molecule has 1 aromatic heterocycles. The number of likely N-dealkylation sites (N-methyl/N-ethyl adjacent to an activating group) is 1. The van der Waals surface area contributed by atoms with Crippen molar-refractivity contribution in [1.29, 1.82) is 0 Å². The van der Waals surface area contributed by atoms with E-state index in [0.29, 0.717) is 0 Å². The average Bonchev–Trinajstić information content (AvgIpc) is 2.79. The first-order chi connectivity index (χ1) is 6.81. The van der Waals surface area contributed by atoms with Crippen molar-refractivity contribution in [2.24, 2.45) is 0 Å². The second-order valence-electron chi connectivity index (χ2n) is 3.33.